The second-order valence-corrected chi connectivity index (χ2v) is 33.1. The van der Waals surface area contributed by atoms with E-state index in [4.69, 9.17) is 39.9 Å². The first kappa shape index (κ1) is 93.5. The Morgan fingerprint density at radius 1 is 0.239 bits per heavy atom. The van der Waals surface area contributed by atoms with Crippen molar-refractivity contribution in [3.63, 3.8) is 0 Å². The van der Waals surface area contributed by atoms with Crippen molar-refractivity contribution in [2.24, 2.45) is 0 Å². The summed E-state index contributed by atoms with van der Waals surface area (Å²) in [6.07, 6.45) is 9.36. The Morgan fingerprint density at radius 3 is 0.739 bits per heavy atom. The number of benzene rings is 12. The van der Waals surface area contributed by atoms with E-state index in [0.29, 0.717) is 0 Å². The van der Waals surface area contributed by atoms with Gasteiger partial charge in [0.05, 0.1) is 34.2 Å². The predicted molar refractivity (Wildman–Crippen MR) is 522 cm³/mol. The molecule has 10 heterocycles. The molecule has 18 aromatic rings. The Hall–Kier alpha value is -13.7. The molecule has 0 bridgehead atoms. The zero-order valence-electron chi connectivity index (χ0n) is 73.9. The normalized spacial score (nSPS) is 13.6. The van der Waals surface area contributed by atoms with Crippen molar-refractivity contribution in [3.8, 4) is 67.5 Å². The first-order valence-electron chi connectivity index (χ1n) is 43.4. The van der Waals surface area contributed by atoms with Crippen molar-refractivity contribution in [2.45, 2.75) is 65.2 Å². The van der Waals surface area contributed by atoms with Crippen molar-refractivity contribution in [2.75, 3.05) is 39.2 Å². The molecule has 4 radical (unpaired) electrons. The second-order valence-electron chi connectivity index (χ2n) is 33.1. The molecule has 0 atom stereocenters. The Bertz CT molecular complexity index is 6360. The van der Waals surface area contributed by atoms with Crippen molar-refractivity contribution >= 4 is 92.0 Å². The average Bonchev–Trinajstić information content (AvgIpc) is 1.35. The van der Waals surface area contributed by atoms with Gasteiger partial charge in [0, 0.05) is 172 Å². The van der Waals surface area contributed by atoms with Crippen LogP contribution in [0.5, 0.6) is 0 Å². The van der Waals surface area contributed by atoms with Gasteiger partial charge in [-0.1, -0.05) is 210 Å². The van der Waals surface area contributed by atoms with Crippen LogP contribution in [0.4, 0.5) is 92.0 Å². The largest absolute Gasteiger partial charge is 0.477 e. The third-order valence-electron chi connectivity index (χ3n) is 23.6. The molecule has 22 heteroatoms. The molecule has 134 heavy (non-hydrogen) atoms. The summed E-state index contributed by atoms with van der Waals surface area (Å²) < 4.78 is 0. The van der Waals surface area contributed by atoms with Crippen LogP contribution in [0.3, 0.4) is 0 Å². The van der Waals surface area contributed by atoms with E-state index in [9.17, 15) is 0 Å². The molecular formula is C112H88Ir4N18-8. The van der Waals surface area contributed by atoms with E-state index in [0.717, 1.165) is 195 Å². The Balaban J connectivity index is 0.000000129. The van der Waals surface area contributed by atoms with Crippen molar-refractivity contribution < 1.29 is 80.4 Å². The van der Waals surface area contributed by atoms with Gasteiger partial charge in [-0.15, -0.1) is 49.4 Å². The summed E-state index contributed by atoms with van der Waals surface area (Å²) >= 11 is 0. The van der Waals surface area contributed by atoms with Gasteiger partial charge in [0.25, 0.3) is 0 Å². The molecular weight excluding hydrogens is 2370 g/mol. The van der Waals surface area contributed by atoms with E-state index < -0.39 is 0 Å². The zero-order chi connectivity index (χ0) is 88.1. The van der Waals surface area contributed by atoms with E-state index >= 15 is 0 Å². The Labute approximate surface area is 837 Å². The summed E-state index contributed by atoms with van der Waals surface area (Å²) in [5.41, 5.74) is 23.4. The quantitative estimate of drug-likeness (QED) is 0.0947. The number of hydrogen-bond acceptors (Lipinski definition) is 18. The smallest absolute Gasteiger partial charge is 0.146 e. The molecule has 0 N–H and O–H groups in total. The molecule has 0 saturated carbocycles. The van der Waals surface area contributed by atoms with E-state index in [2.05, 4.69) is 263 Å². The maximum atomic E-state index is 5.31. The molecule has 0 saturated heterocycles. The van der Waals surface area contributed by atoms with E-state index in [1.807, 2.05) is 243 Å². The van der Waals surface area contributed by atoms with Gasteiger partial charge in [-0.25, -0.2) is 39.9 Å². The summed E-state index contributed by atoms with van der Waals surface area (Å²) in [7, 11) is 0. The number of fused-ring (bicyclic) bond motifs is 5. The third-order valence-corrected chi connectivity index (χ3v) is 23.6. The molecule has 12 aromatic carbocycles. The number of pyridine rings is 2. The predicted octanol–water partition coefficient (Wildman–Crippen LogP) is 26.5. The average molecular weight is 2450 g/mol. The first-order chi connectivity index (χ1) is 63.8. The molecule has 0 unspecified atom stereocenters. The van der Waals surface area contributed by atoms with Crippen LogP contribution in [-0.4, -0.2) is 49.8 Å². The molecule has 0 fully saturated rings. The fourth-order valence-electron chi connectivity index (χ4n) is 16.7. The van der Waals surface area contributed by atoms with Crippen molar-refractivity contribution in [1.82, 2.24) is 49.8 Å². The maximum Gasteiger partial charge on any atom is 0.146 e. The fourth-order valence-corrected chi connectivity index (χ4v) is 16.7. The SMILES string of the molecule is CC1(C)CCC(C)(C)c2nc3c(nc21)N(c1[c-]cccc1)[CH-]N3c1ccccc1.Cc1ccccc1-c1nc2c(nc1-c1ccccc1C)N(c1ccccc1)[CH-]N2c1[c-]cccc1.[Ir].[Ir].[Ir].[Ir].[c-]1ccccc1N1[CH-]N(c2ccccc2)c2nc(-c3ccccc3)c(-c3ccccc3)nc21.[c-]1ccccc1N1[CH-]N(c2ccccc2)c2nc(-c3cccnc3)c(-c3cccnc3)nc21. The van der Waals surface area contributed by atoms with Gasteiger partial charge in [0.2, 0.25) is 0 Å². The van der Waals surface area contributed by atoms with Crippen LogP contribution in [0.1, 0.15) is 63.1 Å². The standard InChI is InChI=1S/C31H24N4.C29H20N4.C27H18N6.C25H26N4.4Ir/c1-22-13-9-11-19-26(22)28-29(27-20-12-10-14-23(27)2)33-31-30(32-28)34(24-15-5-3-6-16-24)21-35(31)25-17-7-4-8-18-25;1-5-13-22(14-6-1)26-27(23-15-7-2-8-16-23)31-29-28(30-26)32(24-17-9-3-10-18-24)21-33(29)25-19-11-4-12-20-25;1-3-11-22(12-4-1)32-19-33(23-13-5-2-6-14-23)27-26(32)30-24(20-9-7-15-28-17-20)25(31-27)21-10-8-16-29-18-21;1-24(2)15-16-25(3,4)21-20(24)26-22-23(27-21)29(19-13-9-6-10-14-19)17-28(22)18-11-7-5-8-12-18;;;;/h3-17,19-21H,1-2H3;1-19,21H;1-13,15-19H;5-13,17H,15-16H2,1-4H3;;;;/q4*-2;;;;. The van der Waals surface area contributed by atoms with Crippen LogP contribution in [0.2, 0.25) is 0 Å². The molecule has 0 spiro atoms. The molecule has 6 aromatic heterocycles. The van der Waals surface area contributed by atoms with Crippen molar-refractivity contribution in [1.29, 1.82) is 0 Å². The van der Waals surface area contributed by atoms with Crippen LogP contribution in [-0.2, 0) is 91.3 Å². The number of aromatic nitrogens is 10. The molecule has 5 aliphatic rings. The summed E-state index contributed by atoms with van der Waals surface area (Å²) in [5, 5.41) is 0. The topological polar surface area (TPSA) is 155 Å². The second kappa shape index (κ2) is 41.6. The van der Waals surface area contributed by atoms with Crippen LogP contribution in [0, 0.1) is 64.8 Å². The fraction of sp³-hybridized carbons (Fsp3) is 0.0893. The van der Waals surface area contributed by atoms with Gasteiger partial charge in [0.15, 0.2) is 0 Å². The Morgan fingerprint density at radius 2 is 0.470 bits per heavy atom. The summed E-state index contributed by atoms with van der Waals surface area (Å²) in [4.78, 5) is 67.0. The van der Waals surface area contributed by atoms with Gasteiger partial charge >= 0.3 is 0 Å². The Kier molecular flexibility index (Phi) is 29.0. The maximum absolute atomic E-state index is 5.31. The minimum Gasteiger partial charge on any atom is -0.477 e. The number of aryl methyl sites for hydroxylation is 2. The molecule has 670 valence electrons. The van der Waals surface area contributed by atoms with Gasteiger partial charge in [-0.3, -0.25) is 9.97 Å². The summed E-state index contributed by atoms with van der Waals surface area (Å²) in [6.45, 7) is 21.6. The van der Waals surface area contributed by atoms with Crippen LogP contribution in [0.15, 0.2) is 377 Å². The van der Waals surface area contributed by atoms with Crippen LogP contribution < -0.4 is 39.2 Å². The number of anilines is 16. The number of hydrogen-bond donors (Lipinski definition) is 0. The van der Waals surface area contributed by atoms with E-state index in [1.165, 1.54) is 0 Å². The molecule has 18 nitrogen and oxygen atoms in total. The van der Waals surface area contributed by atoms with Gasteiger partial charge in [0.1, 0.15) is 57.9 Å². The molecule has 0 amide bonds. The van der Waals surface area contributed by atoms with E-state index in [1.54, 1.807) is 12.4 Å². The summed E-state index contributed by atoms with van der Waals surface area (Å²) in [5.74, 6) is 6.38. The van der Waals surface area contributed by atoms with Gasteiger partial charge < -0.3 is 39.2 Å². The van der Waals surface area contributed by atoms with Gasteiger partial charge in [-0.05, 0) is 111 Å². The van der Waals surface area contributed by atoms with Crippen LogP contribution in [0.25, 0.3) is 67.5 Å². The monoisotopic (exact) mass is 2460 g/mol. The molecule has 1 aliphatic carbocycles. The summed E-state index contributed by atoms with van der Waals surface area (Å²) in [6, 6.07) is 131. The third kappa shape index (κ3) is 19.2. The van der Waals surface area contributed by atoms with Gasteiger partial charge in [-0.2, -0.15) is 121 Å². The molecule has 4 aliphatic heterocycles. The zero-order valence-corrected chi connectivity index (χ0v) is 83.5. The number of rotatable bonds is 14. The van der Waals surface area contributed by atoms with Crippen molar-refractivity contribution in [3.05, 3.63) is 450 Å². The van der Waals surface area contributed by atoms with E-state index in [-0.39, 0.29) is 91.3 Å². The minimum atomic E-state index is 0. The number of nitrogens with zero attached hydrogens (tertiary/aromatic N) is 18. The minimum absolute atomic E-state index is 0. The molecule has 23 rings (SSSR count). The number of para-hydroxylation sites is 8. The first-order valence-corrected chi connectivity index (χ1v) is 43.4. The van der Waals surface area contributed by atoms with Crippen LogP contribution >= 0.6 is 0 Å².